The minimum absolute atomic E-state index is 0.0329. The standard InChI is InChI=1S/C20H21N9O2/c30-18-3-1-9-28-13-14(11-23-28)24-20-22-12-17-19(25-20)29(27-26-17)15-4-6-16(7-5-15)31-10-2-8-21-18/h4-7,11-13H,1-3,8-10H2,(H,21,30)(H,22,24,25). The van der Waals surface area contributed by atoms with E-state index >= 15 is 0 Å². The molecule has 0 unspecified atom stereocenters. The number of anilines is 2. The molecule has 1 amide bonds. The Balaban J connectivity index is 1.45. The van der Waals surface area contributed by atoms with Gasteiger partial charge in [-0.15, -0.1) is 5.10 Å². The number of fused-ring (bicyclic) bond motifs is 10. The summed E-state index contributed by atoms with van der Waals surface area (Å²) in [5.41, 5.74) is 2.76. The Hall–Kier alpha value is -4.02. The third kappa shape index (κ3) is 4.29. The Morgan fingerprint density at radius 2 is 2.00 bits per heavy atom. The lowest BCUT2D eigenvalue weighted by atomic mass is 10.3. The van der Waals surface area contributed by atoms with E-state index in [4.69, 9.17) is 4.74 Å². The summed E-state index contributed by atoms with van der Waals surface area (Å²) in [6, 6.07) is 7.54. The van der Waals surface area contributed by atoms with E-state index in [-0.39, 0.29) is 5.91 Å². The number of aromatic nitrogens is 7. The molecular weight excluding hydrogens is 398 g/mol. The van der Waals surface area contributed by atoms with Crippen LogP contribution in [0.15, 0.2) is 42.9 Å². The number of nitrogens with zero attached hydrogens (tertiary/aromatic N) is 7. The Morgan fingerprint density at radius 3 is 2.90 bits per heavy atom. The smallest absolute Gasteiger partial charge is 0.229 e. The molecule has 6 bridgehead atoms. The largest absolute Gasteiger partial charge is 0.494 e. The lowest BCUT2D eigenvalue weighted by Crippen LogP contribution is -2.25. The Bertz CT molecular complexity index is 1200. The van der Waals surface area contributed by atoms with Crippen LogP contribution >= 0.6 is 0 Å². The van der Waals surface area contributed by atoms with Gasteiger partial charge in [-0.25, -0.2) is 4.98 Å². The second kappa shape index (κ2) is 8.38. The highest BCUT2D eigenvalue weighted by Crippen LogP contribution is 2.20. The highest BCUT2D eigenvalue weighted by molar-refractivity contribution is 5.75. The molecule has 4 aromatic rings. The molecule has 1 aromatic carbocycles. The number of carbonyl (C=O) groups excluding carboxylic acids is 1. The van der Waals surface area contributed by atoms with Crippen molar-refractivity contribution in [2.24, 2.45) is 0 Å². The van der Waals surface area contributed by atoms with Crippen LogP contribution in [-0.4, -0.2) is 53.8 Å². The normalized spacial score (nSPS) is 15.2. The third-order valence-electron chi connectivity index (χ3n) is 4.87. The molecule has 2 aliphatic rings. The first kappa shape index (κ1) is 19.0. The fourth-order valence-corrected chi connectivity index (χ4v) is 3.31. The second-order valence-electron chi connectivity index (χ2n) is 7.17. The van der Waals surface area contributed by atoms with Crippen molar-refractivity contribution in [2.75, 3.05) is 18.5 Å². The molecule has 0 aliphatic carbocycles. The van der Waals surface area contributed by atoms with E-state index in [1.807, 2.05) is 30.5 Å². The molecule has 5 heterocycles. The van der Waals surface area contributed by atoms with Crippen molar-refractivity contribution in [2.45, 2.75) is 25.8 Å². The first-order valence-corrected chi connectivity index (χ1v) is 10.1. The monoisotopic (exact) mass is 419 g/mol. The molecule has 0 saturated heterocycles. The van der Waals surface area contributed by atoms with Crippen molar-refractivity contribution in [1.82, 2.24) is 40.1 Å². The quantitative estimate of drug-likeness (QED) is 0.442. The average molecular weight is 419 g/mol. The highest BCUT2D eigenvalue weighted by atomic mass is 16.5. The zero-order valence-corrected chi connectivity index (χ0v) is 16.7. The van der Waals surface area contributed by atoms with Gasteiger partial charge in [-0.1, -0.05) is 5.21 Å². The summed E-state index contributed by atoms with van der Waals surface area (Å²) in [6.45, 7) is 1.74. The number of nitrogens with one attached hydrogen (secondary N) is 2. The van der Waals surface area contributed by atoms with E-state index in [0.717, 1.165) is 23.5 Å². The molecule has 2 N–H and O–H groups in total. The van der Waals surface area contributed by atoms with Crippen LogP contribution < -0.4 is 15.4 Å². The van der Waals surface area contributed by atoms with Gasteiger partial charge in [0, 0.05) is 25.7 Å². The lowest BCUT2D eigenvalue weighted by Gasteiger charge is -2.08. The van der Waals surface area contributed by atoms with Crippen LogP contribution in [0, 0.1) is 0 Å². The second-order valence-corrected chi connectivity index (χ2v) is 7.17. The number of carbonyl (C=O) groups is 1. The van der Waals surface area contributed by atoms with Crippen LogP contribution in [0.2, 0.25) is 0 Å². The number of aryl methyl sites for hydroxylation is 1. The van der Waals surface area contributed by atoms with E-state index in [0.29, 0.717) is 49.7 Å². The summed E-state index contributed by atoms with van der Waals surface area (Å²) < 4.78 is 9.21. The molecule has 0 atom stereocenters. The van der Waals surface area contributed by atoms with Gasteiger partial charge in [0.05, 0.1) is 30.4 Å². The van der Waals surface area contributed by atoms with Crippen molar-refractivity contribution < 1.29 is 9.53 Å². The molecular formula is C20H21N9O2. The van der Waals surface area contributed by atoms with Gasteiger partial charge in [0.2, 0.25) is 11.9 Å². The maximum absolute atomic E-state index is 12.0. The van der Waals surface area contributed by atoms with Crippen LogP contribution in [0.25, 0.3) is 16.9 Å². The van der Waals surface area contributed by atoms with Gasteiger partial charge in [-0.05, 0) is 37.1 Å². The maximum Gasteiger partial charge on any atom is 0.229 e. The van der Waals surface area contributed by atoms with Crippen LogP contribution in [0.1, 0.15) is 19.3 Å². The topological polar surface area (TPSA) is 125 Å². The zero-order chi connectivity index (χ0) is 21.0. The van der Waals surface area contributed by atoms with Crippen LogP contribution in [0.5, 0.6) is 5.75 Å². The van der Waals surface area contributed by atoms with E-state index in [2.05, 4.69) is 36.0 Å². The minimum atomic E-state index is 0.0329. The molecule has 11 nitrogen and oxygen atoms in total. The van der Waals surface area contributed by atoms with Gasteiger partial charge >= 0.3 is 0 Å². The minimum Gasteiger partial charge on any atom is -0.494 e. The van der Waals surface area contributed by atoms with Crippen molar-refractivity contribution in [3.05, 3.63) is 42.9 Å². The highest BCUT2D eigenvalue weighted by Gasteiger charge is 2.11. The molecule has 11 heteroatoms. The summed E-state index contributed by atoms with van der Waals surface area (Å²) in [7, 11) is 0. The number of hydrogen-bond acceptors (Lipinski definition) is 8. The van der Waals surface area contributed by atoms with E-state index in [1.165, 1.54) is 0 Å². The summed E-state index contributed by atoms with van der Waals surface area (Å²) in [4.78, 5) is 20.9. The third-order valence-corrected chi connectivity index (χ3v) is 4.87. The molecule has 0 fully saturated rings. The van der Waals surface area contributed by atoms with E-state index in [1.54, 1.807) is 21.8 Å². The molecule has 158 valence electrons. The molecule has 0 saturated carbocycles. The molecule has 31 heavy (non-hydrogen) atoms. The summed E-state index contributed by atoms with van der Waals surface area (Å²) in [5, 5.41) is 18.8. The van der Waals surface area contributed by atoms with Gasteiger partial charge in [0.15, 0.2) is 11.2 Å². The van der Waals surface area contributed by atoms with E-state index in [9.17, 15) is 4.79 Å². The number of benzene rings is 1. The maximum atomic E-state index is 12.0. The number of rotatable bonds is 0. The van der Waals surface area contributed by atoms with Gasteiger partial charge in [-0.2, -0.15) is 14.8 Å². The predicted octanol–water partition coefficient (Wildman–Crippen LogP) is 1.83. The van der Waals surface area contributed by atoms with Gasteiger partial charge in [0.1, 0.15) is 5.75 Å². The van der Waals surface area contributed by atoms with Crippen molar-refractivity contribution in [3.8, 4) is 11.4 Å². The van der Waals surface area contributed by atoms with Crippen molar-refractivity contribution in [1.29, 1.82) is 0 Å². The molecule has 0 radical (unpaired) electrons. The summed E-state index contributed by atoms with van der Waals surface area (Å²) >= 11 is 0. The number of hydrogen-bond donors (Lipinski definition) is 2. The summed E-state index contributed by atoms with van der Waals surface area (Å²) in [5.74, 6) is 1.20. The number of amides is 1. The predicted molar refractivity (Wildman–Crippen MR) is 112 cm³/mol. The Morgan fingerprint density at radius 1 is 1.10 bits per heavy atom. The SMILES string of the molecule is O=C1CCCn2cc(cn2)Nc2ncc3nnn(c3n2)-c2ccc(cc2)OCCCN1. The Labute approximate surface area is 177 Å². The van der Waals surface area contributed by atoms with Crippen LogP contribution in [-0.2, 0) is 11.3 Å². The average Bonchev–Trinajstić information content (AvgIpc) is 3.40. The summed E-state index contributed by atoms with van der Waals surface area (Å²) in [6.07, 6.45) is 7.07. The number of ether oxygens (including phenoxy) is 1. The van der Waals surface area contributed by atoms with Crippen molar-refractivity contribution in [3.63, 3.8) is 0 Å². The fraction of sp³-hybridized carbons (Fsp3) is 0.300. The van der Waals surface area contributed by atoms with Gasteiger partial charge < -0.3 is 15.4 Å². The first-order valence-electron chi connectivity index (χ1n) is 10.1. The van der Waals surface area contributed by atoms with Crippen LogP contribution in [0.4, 0.5) is 11.6 Å². The molecule has 2 aliphatic heterocycles. The van der Waals surface area contributed by atoms with Crippen LogP contribution in [0.3, 0.4) is 0 Å². The van der Waals surface area contributed by atoms with Gasteiger partial charge in [-0.3, -0.25) is 9.48 Å². The Kier molecular flexibility index (Phi) is 5.13. The lowest BCUT2D eigenvalue weighted by molar-refractivity contribution is -0.121. The molecule has 3 aromatic heterocycles. The fourth-order valence-electron chi connectivity index (χ4n) is 3.31. The van der Waals surface area contributed by atoms with Crippen molar-refractivity contribution >= 4 is 28.7 Å². The molecule has 6 rings (SSSR count). The molecule has 0 spiro atoms. The zero-order valence-electron chi connectivity index (χ0n) is 16.7. The van der Waals surface area contributed by atoms with E-state index < -0.39 is 0 Å². The van der Waals surface area contributed by atoms with Gasteiger partial charge in [0.25, 0.3) is 0 Å². The first-order chi connectivity index (χ1) is 15.2.